The zero-order chi connectivity index (χ0) is 7.14. The molecule has 0 heterocycles. The van der Waals surface area contributed by atoms with Gasteiger partial charge in [0.2, 0.25) is 0 Å². The Balaban J connectivity index is 2.16. The predicted octanol–water partition coefficient (Wildman–Crippen LogP) is 0.736. The summed E-state index contributed by atoms with van der Waals surface area (Å²) in [6, 6.07) is 0. The molecule has 56 valence electrons. The monoisotopic (exact) mass is 140 g/mol. The van der Waals surface area contributed by atoms with Crippen molar-refractivity contribution in [3.8, 4) is 0 Å². The van der Waals surface area contributed by atoms with E-state index in [1.165, 1.54) is 0 Å². The maximum atomic E-state index is 11.1. The number of fused-ring (bicyclic) bond motifs is 3. The maximum Gasteiger partial charge on any atom is 0.136 e. The number of hydrogen-bond acceptors (Lipinski definition) is 2. The van der Waals surface area contributed by atoms with Crippen LogP contribution in [0.4, 0.5) is 0 Å². The average molecular weight is 140 g/mol. The highest BCUT2D eigenvalue weighted by molar-refractivity contribution is 5.82. The number of Topliss-reactive ketones (excluding diaryl/α,β-unsaturated/α-hetero) is 1. The highest BCUT2D eigenvalue weighted by Gasteiger charge is 2.39. The molecular weight excluding hydrogens is 128 g/mol. The van der Waals surface area contributed by atoms with Gasteiger partial charge in [0.05, 0.1) is 6.10 Å². The van der Waals surface area contributed by atoms with Gasteiger partial charge in [-0.1, -0.05) is 0 Å². The van der Waals surface area contributed by atoms with Crippen LogP contribution in [0.15, 0.2) is 0 Å². The van der Waals surface area contributed by atoms with Gasteiger partial charge >= 0.3 is 0 Å². The smallest absolute Gasteiger partial charge is 0.136 e. The Morgan fingerprint density at radius 1 is 1.40 bits per heavy atom. The molecule has 0 aromatic heterocycles. The Kier molecular flexibility index (Phi) is 1.31. The molecule has 3 atom stereocenters. The Morgan fingerprint density at radius 3 is 2.50 bits per heavy atom. The van der Waals surface area contributed by atoms with E-state index in [1.807, 2.05) is 0 Å². The molecule has 2 bridgehead atoms. The molecule has 0 unspecified atom stereocenters. The molecule has 2 heteroatoms. The van der Waals surface area contributed by atoms with Crippen molar-refractivity contribution in [2.75, 3.05) is 0 Å². The van der Waals surface area contributed by atoms with Gasteiger partial charge in [0.15, 0.2) is 0 Å². The molecule has 3 aliphatic carbocycles. The van der Waals surface area contributed by atoms with Crippen molar-refractivity contribution in [1.82, 2.24) is 0 Å². The molecule has 0 saturated heterocycles. The second-order valence-electron chi connectivity index (χ2n) is 3.51. The predicted molar refractivity (Wildman–Crippen MR) is 36.5 cm³/mol. The molecule has 3 fully saturated rings. The van der Waals surface area contributed by atoms with E-state index in [1.54, 1.807) is 0 Å². The normalized spacial score (nSPS) is 46.1. The van der Waals surface area contributed by atoms with E-state index in [-0.39, 0.29) is 12.0 Å². The molecule has 0 aromatic rings. The van der Waals surface area contributed by atoms with Crippen molar-refractivity contribution in [3.63, 3.8) is 0 Å². The number of aliphatic hydroxyl groups is 1. The standard InChI is InChI=1S/C8H12O2/c9-7-4-6-2-1-5(7)3-8(6)10/h5-7,9H,1-4H2/t5-,6-,7+/m0/s1. The van der Waals surface area contributed by atoms with E-state index in [4.69, 9.17) is 0 Å². The summed E-state index contributed by atoms with van der Waals surface area (Å²) in [7, 11) is 0. The van der Waals surface area contributed by atoms with Gasteiger partial charge in [-0.15, -0.1) is 0 Å². The number of carbonyl (C=O) groups is 1. The molecular formula is C8H12O2. The molecule has 3 aliphatic rings. The van der Waals surface area contributed by atoms with Gasteiger partial charge in [0.1, 0.15) is 5.78 Å². The van der Waals surface area contributed by atoms with Crippen molar-refractivity contribution in [3.05, 3.63) is 0 Å². The molecule has 0 aliphatic heterocycles. The first-order valence-corrected chi connectivity index (χ1v) is 3.98. The first-order valence-electron chi connectivity index (χ1n) is 3.98. The van der Waals surface area contributed by atoms with Crippen LogP contribution in [-0.2, 0) is 4.79 Å². The third-order valence-electron chi connectivity index (χ3n) is 2.87. The van der Waals surface area contributed by atoms with Gasteiger partial charge in [-0.05, 0) is 25.2 Å². The Morgan fingerprint density at radius 2 is 2.20 bits per heavy atom. The van der Waals surface area contributed by atoms with E-state index in [9.17, 15) is 9.90 Å². The summed E-state index contributed by atoms with van der Waals surface area (Å²) in [5.41, 5.74) is 0. The highest BCUT2D eigenvalue weighted by Crippen LogP contribution is 2.38. The number of aliphatic hydroxyl groups excluding tert-OH is 1. The van der Waals surface area contributed by atoms with Gasteiger partial charge < -0.3 is 5.11 Å². The molecule has 0 radical (unpaired) electrons. The zero-order valence-electron chi connectivity index (χ0n) is 5.92. The quantitative estimate of drug-likeness (QED) is 0.538. The van der Waals surface area contributed by atoms with Crippen LogP contribution in [0.3, 0.4) is 0 Å². The molecule has 0 amide bonds. The Labute approximate surface area is 60.2 Å². The zero-order valence-corrected chi connectivity index (χ0v) is 5.92. The fraction of sp³-hybridized carbons (Fsp3) is 0.875. The van der Waals surface area contributed by atoms with Crippen molar-refractivity contribution >= 4 is 5.78 Å². The summed E-state index contributed by atoms with van der Waals surface area (Å²) in [5, 5.41) is 9.36. The first kappa shape index (κ1) is 6.35. The van der Waals surface area contributed by atoms with Crippen LogP contribution in [0.1, 0.15) is 25.7 Å². The van der Waals surface area contributed by atoms with Crippen LogP contribution in [0.2, 0.25) is 0 Å². The minimum atomic E-state index is -0.170. The SMILES string of the molecule is O=C1C[C@@H]2CC[C@H]1C[C@H]2O. The minimum Gasteiger partial charge on any atom is -0.393 e. The van der Waals surface area contributed by atoms with E-state index < -0.39 is 0 Å². The average Bonchev–Trinajstić information content (AvgIpc) is 1.91. The second kappa shape index (κ2) is 2.06. The van der Waals surface area contributed by atoms with Crippen LogP contribution >= 0.6 is 0 Å². The van der Waals surface area contributed by atoms with E-state index in [2.05, 4.69) is 0 Å². The molecule has 10 heavy (non-hydrogen) atoms. The first-order chi connectivity index (χ1) is 4.77. The summed E-state index contributed by atoms with van der Waals surface area (Å²) >= 11 is 0. The van der Waals surface area contributed by atoms with E-state index >= 15 is 0 Å². The van der Waals surface area contributed by atoms with Crippen LogP contribution in [0.25, 0.3) is 0 Å². The number of hydrogen-bond donors (Lipinski definition) is 1. The third-order valence-corrected chi connectivity index (χ3v) is 2.87. The van der Waals surface area contributed by atoms with Crippen molar-refractivity contribution < 1.29 is 9.90 Å². The van der Waals surface area contributed by atoms with Gasteiger partial charge in [-0.2, -0.15) is 0 Å². The lowest BCUT2D eigenvalue weighted by molar-refractivity contribution is -0.134. The maximum absolute atomic E-state index is 11.1. The molecule has 3 rings (SSSR count). The van der Waals surface area contributed by atoms with Crippen molar-refractivity contribution in [2.24, 2.45) is 11.8 Å². The summed E-state index contributed by atoms with van der Waals surface area (Å²) in [6.07, 6.45) is 3.31. The van der Waals surface area contributed by atoms with Crippen molar-refractivity contribution in [2.45, 2.75) is 31.8 Å². The third kappa shape index (κ3) is 0.788. The molecule has 0 spiro atoms. The molecule has 3 saturated carbocycles. The lowest BCUT2D eigenvalue weighted by atomic mass is 9.68. The Bertz CT molecular complexity index is 165. The largest absolute Gasteiger partial charge is 0.393 e. The van der Waals surface area contributed by atoms with E-state index in [0.29, 0.717) is 18.1 Å². The van der Waals surface area contributed by atoms with Crippen LogP contribution in [-0.4, -0.2) is 17.0 Å². The minimum absolute atomic E-state index is 0.170. The lowest BCUT2D eigenvalue weighted by Crippen LogP contribution is -2.40. The van der Waals surface area contributed by atoms with E-state index in [0.717, 1.165) is 19.3 Å². The highest BCUT2D eigenvalue weighted by atomic mass is 16.3. The van der Waals surface area contributed by atoms with Gasteiger partial charge in [-0.3, -0.25) is 4.79 Å². The van der Waals surface area contributed by atoms with Gasteiger partial charge in [-0.25, -0.2) is 0 Å². The van der Waals surface area contributed by atoms with Gasteiger partial charge in [0.25, 0.3) is 0 Å². The van der Waals surface area contributed by atoms with Crippen LogP contribution < -0.4 is 0 Å². The van der Waals surface area contributed by atoms with Crippen LogP contribution in [0.5, 0.6) is 0 Å². The van der Waals surface area contributed by atoms with Crippen molar-refractivity contribution in [1.29, 1.82) is 0 Å². The topological polar surface area (TPSA) is 37.3 Å². The number of rotatable bonds is 0. The number of carbonyl (C=O) groups excluding carboxylic acids is 1. The summed E-state index contributed by atoms with van der Waals surface area (Å²) in [5.74, 6) is 0.902. The van der Waals surface area contributed by atoms with Crippen LogP contribution in [0, 0.1) is 11.8 Å². The second-order valence-corrected chi connectivity index (χ2v) is 3.51. The fourth-order valence-electron chi connectivity index (χ4n) is 2.17. The summed E-state index contributed by atoms with van der Waals surface area (Å²) < 4.78 is 0. The molecule has 2 nitrogen and oxygen atoms in total. The summed E-state index contributed by atoms with van der Waals surface area (Å²) in [6.45, 7) is 0. The van der Waals surface area contributed by atoms with Gasteiger partial charge in [0, 0.05) is 12.3 Å². The molecule has 0 aromatic carbocycles. The lowest BCUT2D eigenvalue weighted by Gasteiger charge is -2.38. The fourth-order valence-corrected chi connectivity index (χ4v) is 2.17. The Hall–Kier alpha value is -0.370. The molecule has 1 N–H and O–H groups in total. The summed E-state index contributed by atoms with van der Waals surface area (Å²) in [4.78, 5) is 11.1. The number of ketones is 1.